The predicted octanol–water partition coefficient (Wildman–Crippen LogP) is 1.19. The molecule has 2 aromatic rings. The number of fused-ring (bicyclic) bond motifs is 1. The summed E-state index contributed by atoms with van der Waals surface area (Å²) in [5, 5.41) is 7.45. The molecule has 4 heteroatoms. The fourth-order valence-electron chi connectivity index (χ4n) is 1.70. The smallest absolute Gasteiger partial charge is 0.155 e. The molecule has 2 rings (SSSR count). The zero-order valence-corrected chi connectivity index (χ0v) is 9.36. The first-order valence-corrected chi connectivity index (χ1v) is 5.17. The summed E-state index contributed by atoms with van der Waals surface area (Å²) in [7, 11) is 1.97. The van der Waals surface area contributed by atoms with Gasteiger partial charge in [-0.15, -0.1) is 0 Å². The molecule has 1 atom stereocenters. The molecule has 0 amide bonds. The SMILES string of the molecule is CNC(C)Cc1cc(C)cc2ncnn12. The van der Waals surface area contributed by atoms with Crippen molar-refractivity contribution in [2.45, 2.75) is 26.3 Å². The number of hydrogen-bond acceptors (Lipinski definition) is 3. The van der Waals surface area contributed by atoms with Crippen molar-refractivity contribution in [1.29, 1.82) is 0 Å². The van der Waals surface area contributed by atoms with Gasteiger partial charge in [-0.3, -0.25) is 0 Å². The van der Waals surface area contributed by atoms with Gasteiger partial charge in [-0.2, -0.15) is 5.10 Å². The molecule has 80 valence electrons. The maximum atomic E-state index is 4.22. The number of nitrogens with one attached hydrogen (secondary N) is 1. The van der Waals surface area contributed by atoms with E-state index in [1.54, 1.807) is 6.33 Å². The molecule has 0 fully saturated rings. The fourth-order valence-corrected chi connectivity index (χ4v) is 1.70. The van der Waals surface area contributed by atoms with Gasteiger partial charge in [0.2, 0.25) is 0 Å². The van der Waals surface area contributed by atoms with Crippen LogP contribution in [0.3, 0.4) is 0 Å². The number of likely N-dealkylation sites (N-methyl/N-ethyl adjacent to an activating group) is 1. The highest BCUT2D eigenvalue weighted by Crippen LogP contribution is 2.10. The number of aryl methyl sites for hydroxylation is 1. The Labute approximate surface area is 89.3 Å². The summed E-state index contributed by atoms with van der Waals surface area (Å²) in [6.07, 6.45) is 2.56. The van der Waals surface area contributed by atoms with Gasteiger partial charge in [0.1, 0.15) is 6.33 Å². The second-order valence-corrected chi connectivity index (χ2v) is 3.95. The summed E-state index contributed by atoms with van der Waals surface area (Å²) in [5.41, 5.74) is 3.35. The first-order chi connectivity index (χ1) is 7.20. The molecule has 1 N–H and O–H groups in total. The van der Waals surface area contributed by atoms with Gasteiger partial charge < -0.3 is 5.32 Å². The average molecular weight is 204 g/mol. The van der Waals surface area contributed by atoms with E-state index in [1.165, 1.54) is 11.3 Å². The maximum absolute atomic E-state index is 4.22. The summed E-state index contributed by atoms with van der Waals surface area (Å²) in [4.78, 5) is 4.20. The average Bonchev–Trinajstić information content (AvgIpc) is 2.65. The van der Waals surface area contributed by atoms with Crippen molar-refractivity contribution >= 4 is 5.65 Å². The molecule has 0 aliphatic rings. The van der Waals surface area contributed by atoms with E-state index in [9.17, 15) is 0 Å². The quantitative estimate of drug-likeness (QED) is 0.816. The highest BCUT2D eigenvalue weighted by atomic mass is 15.3. The van der Waals surface area contributed by atoms with Gasteiger partial charge in [0.15, 0.2) is 5.65 Å². The molecule has 2 heterocycles. The van der Waals surface area contributed by atoms with Gasteiger partial charge in [0, 0.05) is 18.2 Å². The van der Waals surface area contributed by atoms with Gasteiger partial charge in [0.25, 0.3) is 0 Å². The molecule has 0 radical (unpaired) electrons. The molecule has 4 nitrogen and oxygen atoms in total. The van der Waals surface area contributed by atoms with Crippen molar-refractivity contribution in [3.8, 4) is 0 Å². The minimum Gasteiger partial charge on any atom is -0.317 e. The van der Waals surface area contributed by atoms with Crippen LogP contribution in [-0.2, 0) is 6.42 Å². The third-order valence-electron chi connectivity index (χ3n) is 2.61. The van der Waals surface area contributed by atoms with E-state index in [0.717, 1.165) is 12.1 Å². The predicted molar refractivity (Wildman–Crippen MR) is 59.9 cm³/mol. The maximum Gasteiger partial charge on any atom is 0.155 e. The normalized spacial score (nSPS) is 13.3. The van der Waals surface area contributed by atoms with Crippen LogP contribution in [0.1, 0.15) is 18.2 Å². The molecule has 2 aromatic heterocycles. The number of hydrogen-bond donors (Lipinski definition) is 1. The highest BCUT2D eigenvalue weighted by molar-refractivity contribution is 5.41. The molecular weight excluding hydrogens is 188 g/mol. The van der Waals surface area contributed by atoms with Crippen LogP contribution < -0.4 is 5.32 Å². The van der Waals surface area contributed by atoms with Crippen molar-refractivity contribution in [1.82, 2.24) is 19.9 Å². The topological polar surface area (TPSA) is 42.2 Å². The van der Waals surface area contributed by atoms with E-state index in [-0.39, 0.29) is 0 Å². The summed E-state index contributed by atoms with van der Waals surface area (Å²) in [6, 6.07) is 4.65. The van der Waals surface area contributed by atoms with Crippen LogP contribution in [0.25, 0.3) is 5.65 Å². The Balaban J connectivity index is 2.44. The Morgan fingerprint density at radius 3 is 3.00 bits per heavy atom. The first-order valence-electron chi connectivity index (χ1n) is 5.17. The molecule has 0 aliphatic heterocycles. The number of aromatic nitrogens is 3. The molecule has 0 bridgehead atoms. The number of rotatable bonds is 3. The number of pyridine rings is 1. The van der Waals surface area contributed by atoms with E-state index in [0.29, 0.717) is 6.04 Å². The molecule has 1 unspecified atom stereocenters. The molecule has 0 aromatic carbocycles. The number of nitrogens with zero attached hydrogens (tertiary/aromatic N) is 3. The minimum absolute atomic E-state index is 0.444. The van der Waals surface area contributed by atoms with Crippen LogP contribution in [0.4, 0.5) is 0 Å². The van der Waals surface area contributed by atoms with Gasteiger partial charge in [-0.25, -0.2) is 9.50 Å². The Bertz CT molecular complexity index is 461. The van der Waals surface area contributed by atoms with Crippen LogP contribution in [0.5, 0.6) is 0 Å². The summed E-state index contributed by atoms with van der Waals surface area (Å²) in [6.45, 7) is 4.24. The standard InChI is InChI=1S/C11H16N4/c1-8-4-10(6-9(2)12-3)15-11(5-8)13-7-14-15/h4-5,7,9,12H,6H2,1-3H3. The van der Waals surface area contributed by atoms with Crippen molar-refractivity contribution in [2.24, 2.45) is 0 Å². The van der Waals surface area contributed by atoms with Crippen LogP contribution in [-0.4, -0.2) is 27.7 Å². The van der Waals surface area contributed by atoms with Crippen molar-refractivity contribution in [2.75, 3.05) is 7.05 Å². The third kappa shape index (κ3) is 1.99. The van der Waals surface area contributed by atoms with E-state index < -0.39 is 0 Å². The van der Waals surface area contributed by atoms with Crippen LogP contribution >= 0.6 is 0 Å². The summed E-state index contributed by atoms with van der Waals surface area (Å²) in [5.74, 6) is 0. The Kier molecular flexibility index (Phi) is 2.68. The van der Waals surface area contributed by atoms with Crippen LogP contribution in [0.2, 0.25) is 0 Å². The first kappa shape index (κ1) is 10.1. The lowest BCUT2D eigenvalue weighted by molar-refractivity contribution is 0.591. The summed E-state index contributed by atoms with van der Waals surface area (Å²) < 4.78 is 1.90. The zero-order valence-electron chi connectivity index (χ0n) is 9.36. The molecule has 0 spiro atoms. The summed E-state index contributed by atoms with van der Waals surface area (Å²) >= 11 is 0. The minimum atomic E-state index is 0.444. The lowest BCUT2D eigenvalue weighted by atomic mass is 10.1. The Hall–Kier alpha value is -1.42. The van der Waals surface area contributed by atoms with Crippen LogP contribution in [0, 0.1) is 6.92 Å². The molecule has 0 aliphatic carbocycles. The lowest BCUT2D eigenvalue weighted by Gasteiger charge is -2.11. The van der Waals surface area contributed by atoms with Gasteiger partial charge in [0.05, 0.1) is 0 Å². The van der Waals surface area contributed by atoms with E-state index >= 15 is 0 Å². The Morgan fingerprint density at radius 1 is 1.47 bits per heavy atom. The van der Waals surface area contributed by atoms with Crippen molar-refractivity contribution < 1.29 is 0 Å². The van der Waals surface area contributed by atoms with Crippen molar-refractivity contribution in [3.05, 3.63) is 29.7 Å². The second-order valence-electron chi connectivity index (χ2n) is 3.95. The van der Waals surface area contributed by atoms with Crippen LogP contribution in [0.15, 0.2) is 18.5 Å². The third-order valence-corrected chi connectivity index (χ3v) is 2.61. The fraction of sp³-hybridized carbons (Fsp3) is 0.455. The van der Waals surface area contributed by atoms with Gasteiger partial charge in [-0.05, 0) is 38.6 Å². The Morgan fingerprint density at radius 2 is 2.27 bits per heavy atom. The second kappa shape index (κ2) is 3.98. The largest absolute Gasteiger partial charge is 0.317 e. The molecule has 0 saturated heterocycles. The lowest BCUT2D eigenvalue weighted by Crippen LogP contribution is -2.24. The van der Waals surface area contributed by atoms with E-state index in [2.05, 4.69) is 35.3 Å². The molecule has 0 saturated carbocycles. The van der Waals surface area contributed by atoms with E-state index in [1.807, 2.05) is 17.6 Å². The molecule has 15 heavy (non-hydrogen) atoms. The molecular formula is C11H16N4. The van der Waals surface area contributed by atoms with Gasteiger partial charge >= 0.3 is 0 Å². The highest BCUT2D eigenvalue weighted by Gasteiger charge is 2.07. The van der Waals surface area contributed by atoms with E-state index in [4.69, 9.17) is 0 Å². The van der Waals surface area contributed by atoms with Gasteiger partial charge in [-0.1, -0.05) is 0 Å². The zero-order chi connectivity index (χ0) is 10.8. The van der Waals surface area contributed by atoms with Crippen molar-refractivity contribution in [3.63, 3.8) is 0 Å². The monoisotopic (exact) mass is 204 g/mol.